The fraction of sp³-hybridized carbons (Fsp3) is 0.261. The predicted octanol–water partition coefficient (Wildman–Crippen LogP) is 4.74. The lowest BCUT2D eigenvalue weighted by atomic mass is 10.1. The fourth-order valence-corrected chi connectivity index (χ4v) is 3.88. The van der Waals surface area contributed by atoms with Crippen LogP contribution in [-0.4, -0.2) is 21.9 Å². The number of aryl methyl sites for hydroxylation is 3. The van der Waals surface area contributed by atoms with E-state index in [1.54, 1.807) is 6.07 Å². The molecule has 0 spiro atoms. The van der Waals surface area contributed by atoms with Crippen molar-refractivity contribution in [3.63, 3.8) is 0 Å². The van der Waals surface area contributed by atoms with Crippen LogP contribution in [0.1, 0.15) is 39.9 Å². The van der Waals surface area contributed by atoms with Crippen LogP contribution in [0.15, 0.2) is 48.5 Å². The van der Waals surface area contributed by atoms with Crippen molar-refractivity contribution in [3.05, 3.63) is 76.7 Å². The maximum absolute atomic E-state index is 13.3. The Kier molecular flexibility index (Phi) is 4.59. The summed E-state index contributed by atoms with van der Waals surface area (Å²) in [4.78, 5) is 24.1. The molecule has 1 atom stereocenters. The van der Waals surface area contributed by atoms with Crippen LogP contribution in [0, 0.1) is 20.8 Å². The molecule has 0 saturated heterocycles. The lowest BCUT2D eigenvalue weighted by Crippen LogP contribution is -2.36. The molecule has 1 aromatic heterocycles. The summed E-state index contributed by atoms with van der Waals surface area (Å²) in [5.74, 6) is 1.11. The van der Waals surface area contributed by atoms with Crippen molar-refractivity contribution < 1.29 is 4.79 Å². The highest BCUT2D eigenvalue weighted by atomic mass is 16.2. The van der Waals surface area contributed by atoms with Crippen LogP contribution in [0.2, 0.25) is 0 Å². The average Bonchev–Trinajstić information content (AvgIpc) is 2.99. The maximum atomic E-state index is 13.3. The zero-order valence-electron chi connectivity index (χ0n) is 16.7. The quantitative estimate of drug-likeness (QED) is 0.722. The minimum absolute atomic E-state index is 0.0903. The Bertz CT molecular complexity index is 1040. The topological polar surface area (TPSA) is 58.1 Å². The molecule has 2 aromatic carbocycles. The Morgan fingerprint density at radius 3 is 2.50 bits per heavy atom. The molecule has 1 amide bonds. The van der Waals surface area contributed by atoms with Gasteiger partial charge < -0.3 is 10.2 Å². The number of carbonyl (C=O) groups is 1. The molecular weight excluding hydrogens is 348 g/mol. The third-order valence-electron chi connectivity index (χ3n) is 5.22. The second kappa shape index (κ2) is 7.08. The van der Waals surface area contributed by atoms with Crippen molar-refractivity contribution in [2.45, 2.75) is 40.2 Å². The van der Waals surface area contributed by atoms with Crippen LogP contribution in [0.4, 0.5) is 17.2 Å². The minimum atomic E-state index is -0.0903. The molecule has 4 rings (SSSR count). The summed E-state index contributed by atoms with van der Waals surface area (Å²) in [7, 11) is 0. The van der Waals surface area contributed by atoms with Gasteiger partial charge in [-0.15, -0.1) is 0 Å². The number of nitrogens with one attached hydrogen (secondary N) is 1. The van der Waals surface area contributed by atoms with Crippen molar-refractivity contribution in [2.24, 2.45) is 0 Å². The zero-order chi connectivity index (χ0) is 19.8. The molecule has 0 fully saturated rings. The highest BCUT2D eigenvalue weighted by Crippen LogP contribution is 2.33. The molecule has 28 heavy (non-hydrogen) atoms. The predicted molar refractivity (Wildman–Crippen MR) is 112 cm³/mol. The number of benzene rings is 2. The van der Waals surface area contributed by atoms with Gasteiger partial charge in [-0.05, 0) is 56.9 Å². The van der Waals surface area contributed by atoms with Crippen molar-refractivity contribution in [2.75, 3.05) is 10.2 Å². The second-order valence-electron chi connectivity index (χ2n) is 7.43. The van der Waals surface area contributed by atoms with E-state index in [0.29, 0.717) is 17.3 Å². The van der Waals surface area contributed by atoms with Gasteiger partial charge in [-0.2, -0.15) is 0 Å². The molecule has 1 N–H and O–H groups in total. The number of fused-ring (bicyclic) bond motifs is 1. The molecule has 142 valence electrons. The van der Waals surface area contributed by atoms with Gasteiger partial charge in [0, 0.05) is 23.5 Å². The summed E-state index contributed by atoms with van der Waals surface area (Å²) >= 11 is 0. The Balaban J connectivity index is 1.69. The summed E-state index contributed by atoms with van der Waals surface area (Å²) in [5.41, 5.74) is 5.85. The molecule has 0 bridgehead atoms. The van der Waals surface area contributed by atoms with E-state index in [1.165, 1.54) is 5.56 Å². The number of aromatic nitrogens is 2. The molecule has 1 aliphatic rings. The fourth-order valence-electron chi connectivity index (χ4n) is 3.88. The SMILES string of the molecule is Cc1nc(Nc2c(C)cccc2C)cc(C(=O)N2c3ccccc3CC2C)n1. The molecule has 3 aromatic rings. The first-order valence-corrected chi connectivity index (χ1v) is 9.54. The number of carbonyl (C=O) groups excluding carboxylic acids is 1. The van der Waals surface area contributed by atoms with E-state index in [4.69, 9.17) is 0 Å². The first-order chi connectivity index (χ1) is 13.4. The molecule has 5 nitrogen and oxygen atoms in total. The van der Waals surface area contributed by atoms with Gasteiger partial charge in [0.1, 0.15) is 17.3 Å². The van der Waals surface area contributed by atoms with E-state index in [0.717, 1.165) is 28.9 Å². The molecule has 0 radical (unpaired) electrons. The maximum Gasteiger partial charge on any atom is 0.277 e. The smallest absolute Gasteiger partial charge is 0.277 e. The third kappa shape index (κ3) is 3.24. The van der Waals surface area contributed by atoms with Gasteiger partial charge in [-0.25, -0.2) is 9.97 Å². The zero-order valence-corrected chi connectivity index (χ0v) is 16.7. The lowest BCUT2D eigenvalue weighted by Gasteiger charge is -2.22. The van der Waals surface area contributed by atoms with Crippen LogP contribution < -0.4 is 10.2 Å². The van der Waals surface area contributed by atoms with E-state index in [-0.39, 0.29) is 11.9 Å². The van der Waals surface area contributed by atoms with Crippen molar-refractivity contribution in [1.82, 2.24) is 9.97 Å². The number of anilines is 3. The molecule has 2 heterocycles. The summed E-state index contributed by atoms with van der Waals surface area (Å²) in [5, 5.41) is 3.38. The van der Waals surface area contributed by atoms with E-state index in [2.05, 4.69) is 54.3 Å². The summed E-state index contributed by atoms with van der Waals surface area (Å²) in [6.07, 6.45) is 0.861. The summed E-state index contributed by atoms with van der Waals surface area (Å²) in [6, 6.07) is 16.1. The van der Waals surface area contributed by atoms with Crippen LogP contribution in [0.5, 0.6) is 0 Å². The number of hydrogen-bond acceptors (Lipinski definition) is 4. The number of nitrogens with zero attached hydrogens (tertiary/aromatic N) is 3. The standard InChI is InChI=1S/C23H24N4O/c1-14-8-7-9-15(2)22(14)26-21-13-19(24-17(4)25-21)23(28)27-16(3)12-18-10-5-6-11-20(18)27/h5-11,13,16H,12H2,1-4H3,(H,24,25,26). The second-order valence-corrected chi connectivity index (χ2v) is 7.43. The lowest BCUT2D eigenvalue weighted by molar-refractivity contribution is 0.0976. The number of amides is 1. The van der Waals surface area contributed by atoms with Crippen LogP contribution in [0.3, 0.4) is 0 Å². The highest BCUT2D eigenvalue weighted by Gasteiger charge is 2.32. The summed E-state index contributed by atoms with van der Waals surface area (Å²) in [6.45, 7) is 7.99. The number of rotatable bonds is 3. The minimum Gasteiger partial charge on any atom is -0.340 e. The van der Waals surface area contributed by atoms with Gasteiger partial charge in [0.05, 0.1) is 0 Å². The Labute approximate surface area is 165 Å². The molecule has 0 saturated carbocycles. The van der Waals surface area contributed by atoms with Crippen molar-refractivity contribution in [3.8, 4) is 0 Å². The third-order valence-corrected chi connectivity index (χ3v) is 5.22. The number of para-hydroxylation sites is 2. The van der Waals surface area contributed by atoms with Gasteiger partial charge in [0.25, 0.3) is 5.91 Å². The normalized spacial score (nSPS) is 15.4. The van der Waals surface area contributed by atoms with Gasteiger partial charge in [0.2, 0.25) is 0 Å². The van der Waals surface area contributed by atoms with Crippen molar-refractivity contribution in [1.29, 1.82) is 0 Å². The Morgan fingerprint density at radius 2 is 1.75 bits per heavy atom. The molecule has 1 aliphatic heterocycles. The largest absolute Gasteiger partial charge is 0.340 e. The van der Waals surface area contributed by atoms with E-state index >= 15 is 0 Å². The average molecular weight is 372 g/mol. The van der Waals surface area contributed by atoms with Crippen molar-refractivity contribution >= 4 is 23.1 Å². The van der Waals surface area contributed by atoms with Gasteiger partial charge in [-0.1, -0.05) is 36.4 Å². The molecular formula is C23H24N4O. The van der Waals surface area contributed by atoms with E-state index in [1.807, 2.05) is 36.1 Å². The molecule has 5 heteroatoms. The van der Waals surface area contributed by atoms with Gasteiger partial charge in [-0.3, -0.25) is 4.79 Å². The first-order valence-electron chi connectivity index (χ1n) is 9.54. The van der Waals surface area contributed by atoms with Crippen LogP contribution >= 0.6 is 0 Å². The Hall–Kier alpha value is -3.21. The molecule has 1 unspecified atom stereocenters. The van der Waals surface area contributed by atoms with Crippen LogP contribution in [0.25, 0.3) is 0 Å². The monoisotopic (exact) mass is 372 g/mol. The van der Waals surface area contributed by atoms with E-state index < -0.39 is 0 Å². The highest BCUT2D eigenvalue weighted by molar-refractivity contribution is 6.07. The van der Waals surface area contributed by atoms with Gasteiger partial charge in [0.15, 0.2) is 0 Å². The first kappa shape index (κ1) is 18.2. The summed E-state index contributed by atoms with van der Waals surface area (Å²) < 4.78 is 0. The number of hydrogen-bond donors (Lipinski definition) is 1. The molecule has 0 aliphatic carbocycles. The van der Waals surface area contributed by atoms with E-state index in [9.17, 15) is 4.79 Å². The van der Waals surface area contributed by atoms with Gasteiger partial charge >= 0.3 is 0 Å². The van der Waals surface area contributed by atoms with Crippen LogP contribution in [-0.2, 0) is 6.42 Å². The Morgan fingerprint density at radius 1 is 1.04 bits per heavy atom.